The molecule has 0 spiro atoms. The Morgan fingerprint density at radius 1 is 1.00 bits per heavy atom. The lowest BCUT2D eigenvalue weighted by Crippen LogP contribution is -2.42. The molecule has 28 heavy (non-hydrogen) atoms. The van der Waals surface area contributed by atoms with Crippen molar-refractivity contribution in [3.8, 4) is 5.75 Å². The number of piperidine rings is 1. The molecule has 2 unspecified atom stereocenters. The van der Waals surface area contributed by atoms with Gasteiger partial charge >= 0.3 is 0 Å². The van der Waals surface area contributed by atoms with Crippen molar-refractivity contribution in [3.05, 3.63) is 65.7 Å². The van der Waals surface area contributed by atoms with E-state index in [0.29, 0.717) is 0 Å². The van der Waals surface area contributed by atoms with Crippen LogP contribution in [0.5, 0.6) is 5.75 Å². The van der Waals surface area contributed by atoms with Crippen molar-refractivity contribution < 1.29 is 9.84 Å². The number of rotatable bonds is 9. The molecule has 3 heteroatoms. The number of unbranched alkanes of at least 4 members (excludes halogenated alkanes) is 1. The van der Waals surface area contributed by atoms with Crippen molar-refractivity contribution >= 4 is 0 Å². The van der Waals surface area contributed by atoms with Crippen LogP contribution in [-0.2, 0) is 5.60 Å². The lowest BCUT2D eigenvalue weighted by molar-refractivity contribution is -0.0164. The Hall–Kier alpha value is -1.84. The Labute approximate surface area is 170 Å². The van der Waals surface area contributed by atoms with E-state index < -0.39 is 5.60 Å². The molecule has 0 aromatic heterocycles. The number of methoxy groups -OCH3 is 1. The van der Waals surface area contributed by atoms with Crippen LogP contribution < -0.4 is 4.74 Å². The van der Waals surface area contributed by atoms with Crippen LogP contribution in [0, 0.1) is 0 Å². The molecular formula is C25H35NO2. The molecule has 0 saturated carbocycles. The number of likely N-dealkylation sites (tertiary alicyclic amines) is 1. The molecule has 1 saturated heterocycles. The average Bonchev–Trinajstić information content (AvgIpc) is 2.77. The van der Waals surface area contributed by atoms with E-state index in [0.717, 1.165) is 50.2 Å². The van der Waals surface area contributed by atoms with Gasteiger partial charge in [0.25, 0.3) is 0 Å². The summed E-state index contributed by atoms with van der Waals surface area (Å²) in [7, 11) is 1.68. The van der Waals surface area contributed by atoms with Gasteiger partial charge in [-0.15, -0.1) is 0 Å². The van der Waals surface area contributed by atoms with E-state index in [1.807, 2.05) is 24.3 Å². The molecule has 0 amide bonds. The molecule has 2 aromatic rings. The van der Waals surface area contributed by atoms with Gasteiger partial charge < -0.3 is 14.7 Å². The fourth-order valence-electron chi connectivity index (χ4n) is 4.46. The first-order chi connectivity index (χ1) is 13.7. The van der Waals surface area contributed by atoms with Crippen LogP contribution in [0.4, 0.5) is 0 Å². The highest BCUT2D eigenvalue weighted by atomic mass is 16.5. The molecule has 152 valence electrons. The topological polar surface area (TPSA) is 32.7 Å². The summed E-state index contributed by atoms with van der Waals surface area (Å²) in [6, 6.07) is 18.6. The molecule has 1 heterocycles. The van der Waals surface area contributed by atoms with Crippen molar-refractivity contribution in [3.63, 3.8) is 0 Å². The van der Waals surface area contributed by atoms with Crippen LogP contribution in [-0.4, -0.2) is 36.8 Å². The summed E-state index contributed by atoms with van der Waals surface area (Å²) in [4.78, 5) is 2.54. The number of aliphatic hydroxyl groups is 1. The first-order valence-electron chi connectivity index (χ1n) is 10.8. The molecule has 0 aliphatic carbocycles. The van der Waals surface area contributed by atoms with E-state index in [1.54, 1.807) is 7.11 Å². The van der Waals surface area contributed by atoms with Gasteiger partial charge in [0.2, 0.25) is 0 Å². The molecule has 2 atom stereocenters. The number of hydrogen-bond acceptors (Lipinski definition) is 3. The first kappa shape index (κ1) is 20.9. The maximum atomic E-state index is 12.2. The number of ether oxygens (including phenoxy) is 1. The average molecular weight is 382 g/mol. The Morgan fingerprint density at radius 2 is 1.68 bits per heavy atom. The highest BCUT2D eigenvalue weighted by Crippen LogP contribution is 2.42. The first-order valence-corrected chi connectivity index (χ1v) is 10.8. The lowest BCUT2D eigenvalue weighted by atomic mass is 9.74. The molecule has 1 fully saturated rings. The van der Waals surface area contributed by atoms with Crippen LogP contribution in [0.1, 0.15) is 62.5 Å². The lowest BCUT2D eigenvalue weighted by Gasteiger charge is -2.41. The van der Waals surface area contributed by atoms with Crippen molar-refractivity contribution in [1.82, 2.24) is 4.90 Å². The predicted molar refractivity (Wildman–Crippen MR) is 116 cm³/mol. The minimum absolute atomic E-state index is 0.0479. The fraction of sp³-hybridized carbons (Fsp3) is 0.520. The van der Waals surface area contributed by atoms with E-state index in [4.69, 9.17) is 4.74 Å². The van der Waals surface area contributed by atoms with Crippen molar-refractivity contribution in [1.29, 1.82) is 0 Å². The van der Waals surface area contributed by atoms with Crippen LogP contribution in [0.25, 0.3) is 0 Å². The molecule has 1 aliphatic rings. The zero-order chi connectivity index (χ0) is 19.8. The van der Waals surface area contributed by atoms with E-state index in [9.17, 15) is 5.11 Å². The normalized spacial score (nSPS) is 18.4. The molecule has 3 nitrogen and oxygen atoms in total. The third-order valence-corrected chi connectivity index (χ3v) is 6.17. The van der Waals surface area contributed by atoms with Crippen molar-refractivity contribution in [2.24, 2.45) is 0 Å². The number of hydrogen-bond donors (Lipinski definition) is 1. The summed E-state index contributed by atoms with van der Waals surface area (Å²) < 4.78 is 5.34. The Bertz CT molecular complexity index is 694. The number of nitrogens with zero attached hydrogens (tertiary/aromatic N) is 1. The summed E-state index contributed by atoms with van der Waals surface area (Å²) in [5.74, 6) is 0.876. The van der Waals surface area contributed by atoms with Crippen LogP contribution in [0.15, 0.2) is 54.6 Å². The van der Waals surface area contributed by atoms with Gasteiger partial charge in [0.1, 0.15) is 5.75 Å². The predicted octanol–water partition coefficient (Wildman–Crippen LogP) is 5.34. The van der Waals surface area contributed by atoms with E-state index in [1.165, 1.54) is 24.8 Å². The minimum Gasteiger partial charge on any atom is -0.497 e. The highest BCUT2D eigenvalue weighted by molar-refractivity contribution is 5.35. The molecule has 1 aliphatic heterocycles. The fourth-order valence-corrected chi connectivity index (χ4v) is 4.46. The van der Waals surface area contributed by atoms with Gasteiger partial charge in [0.15, 0.2) is 0 Å². The molecule has 0 bridgehead atoms. The molecule has 3 rings (SSSR count). The van der Waals surface area contributed by atoms with Crippen molar-refractivity contribution in [2.45, 2.75) is 57.0 Å². The second-order valence-corrected chi connectivity index (χ2v) is 8.08. The summed E-state index contributed by atoms with van der Waals surface area (Å²) >= 11 is 0. The van der Waals surface area contributed by atoms with E-state index >= 15 is 0 Å². The van der Waals surface area contributed by atoms with Crippen LogP contribution in [0.2, 0.25) is 0 Å². The maximum Gasteiger partial charge on any atom is 0.118 e. The quantitative estimate of drug-likeness (QED) is 0.636. The van der Waals surface area contributed by atoms with E-state index in [2.05, 4.69) is 42.2 Å². The third-order valence-electron chi connectivity index (χ3n) is 6.17. The summed E-state index contributed by atoms with van der Waals surface area (Å²) in [5.41, 5.74) is 1.33. The van der Waals surface area contributed by atoms with Gasteiger partial charge in [-0.1, -0.05) is 68.7 Å². The Balaban J connectivity index is 1.98. The zero-order valence-corrected chi connectivity index (χ0v) is 17.4. The smallest absolute Gasteiger partial charge is 0.118 e. The monoisotopic (exact) mass is 381 g/mol. The standard InChI is InChI=1S/C25H35NO2/c1-3-4-17-25(27,22-13-15-23(28-2)16-14-22)24(21-11-7-5-8-12-21)20-26-18-9-6-10-19-26/h5,7-8,11-16,24,27H,3-4,6,9-10,17-20H2,1-2H3. The molecule has 0 radical (unpaired) electrons. The summed E-state index contributed by atoms with van der Waals surface area (Å²) in [6.45, 7) is 5.36. The Morgan fingerprint density at radius 3 is 2.29 bits per heavy atom. The van der Waals surface area contributed by atoms with E-state index in [-0.39, 0.29) is 5.92 Å². The SMILES string of the molecule is CCCCC(O)(c1ccc(OC)cc1)C(CN1CCCCC1)c1ccccc1. The Kier molecular flexibility index (Phi) is 7.52. The molecular weight excluding hydrogens is 346 g/mol. The summed E-state index contributed by atoms with van der Waals surface area (Å²) in [6.07, 6.45) is 6.69. The summed E-state index contributed by atoms with van der Waals surface area (Å²) in [5, 5.41) is 12.2. The van der Waals surface area contributed by atoms with Crippen LogP contribution in [0.3, 0.4) is 0 Å². The highest BCUT2D eigenvalue weighted by Gasteiger charge is 2.40. The molecule has 2 aromatic carbocycles. The second kappa shape index (κ2) is 10.1. The van der Waals surface area contributed by atoms with Gasteiger partial charge in [0, 0.05) is 12.5 Å². The van der Waals surface area contributed by atoms with Gasteiger partial charge in [-0.3, -0.25) is 0 Å². The van der Waals surface area contributed by atoms with Crippen molar-refractivity contribution in [2.75, 3.05) is 26.7 Å². The van der Waals surface area contributed by atoms with Gasteiger partial charge in [-0.25, -0.2) is 0 Å². The van der Waals surface area contributed by atoms with Gasteiger partial charge in [-0.05, 0) is 55.6 Å². The van der Waals surface area contributed by atoms with Gasteiger partial charge in [0.05, 0.1) is 12.7 Å². The van der Waals surface area contributed by atoms with Crippen LogP contribution >= 0.6 is 0 Å². The zero-order valence-electron chi connectivity index (χ0n) is 17.4. The minimum atomic E-state index is -0.888. The van der Waals surface area contributed by atoms with Gasteiger partial charge in [-0.2, -0.15) is 0 Å². The second-order valence-electron chi connectivity index (χ2n) is 8.08. The molecule has 1 N–H and O–H groups in total. The largest absolute Gasteiger partial charge is 0.497 e. The number of benzene rings is 2. The third kappa shape index (κ3) is 4.95. The maximum absolute atomic E-state index is 12.2.